The molecule has 0 saturated carbocycles. The fourth-order valence-electron chi connectivity index (χ4n) is 2.33. The Kier molecular flexibility index (Phi) is 4.58. The molecule has 0 N–H and O–H groups in total. The zero-order chi connectivity index (χ0) is 13.0. The van der Waals surface area contributed by atoms with E-state index < -0.39 is 0 Å². The van der Waals surface area contributed by atoms with Gasteiger partial charge >= 0.3 is 6.01 Å². The molecule has 1 aliphatic rings. The van der Waals surface area contributed by atoms with E-state index >= 15 is 0 Å². The summed E-state index contributed by atoms with van der Waals surface area (Å²) in [5.74, 6) is 1.44. The number of methoxy groups -OCH3 is 1. The molecule has 18 heavy (non-hydrogen) atoms. The smallest absolute Gasteiger partial charge is 0.322 e. The number of rotatable bonds is 3. The molecule has 0 aliphatic carbocycles. The number of hydrogen-bond donors (Lipinski definition) is 0. The summed E-state index contributed by atoms with van der Waals surface area (Å²) in [5.41, 5.74) is 0. The molecule has 0 bridgehead atoms. The first-order valence-electron chi connectivity index (χ1n) is 6.43. The Bertz CT molecular complexity index is 402. The van der Waals surface area contributed by atoms with Gasteiger partial charge in [0.25, 0.3) is 0 Å². The highest BCUT2D eigenvalue weighted by molar-refractivity contribution is 6.28. The van der Waals surface area contributed by atoms with E-state index in [1.807, 2.05) is 0 Å². The van der Waals surface area contributed by atoms with Crippen LogP contribution in [0.15, 0.2) is 0 Å². The quantitative estimate of drug-likeness (QED) is 0.845. The lowest BCUT2D eigenvalue weighted by Gasteiger charge is -2.20. The first kappa shape index (κ1) is 13.3. The highest BCUT2D eigenvalue weighted by Crippen LogP contribution is 2.23. The Balaban J connectivity index is 2.13. The van der Waals surface area contributed by atoms with E-state index in [1.54, 1.807) is 0 Å². The maximum Gasteiger partial charge on any atom is 0.322 e. The average molecular weight is 271 g/mol. The van der Waals surface area contributed by atoms with Crippen molar-refractivity contribution in [3.05, 3.63) is 5.28 Å². The van der Waals surface area contributed by atoms with Crippen LogP contribution in [-0.2, 0) is 0 Å². The second-order valence-electron chi connectivity index (χ2n) is 4.58. The summed E-state index contributed by atoms with van der Waals surface area (Å²) in [6.07, 6.45) is 4.88. The van der Waals surface area contributed by atoms with Crippen LogP contribution >= 0.6 is 11.6 Å². The Hall–Kier alpha value is -1.10. The standard InChI is InChI=1S/C12H19ClN4O/c1-3-9-5-4-7-17(8-6-9)11-14-10(13)15-12(16-11)18-2/h9H,3-8H2,1-2H3. The monoisotopic (exact) mass is 270 g/mol. The first-order chi connectivity index (χ1) is 8.72. The third-order valence-corrected chi connectivity index (χ3v) is 3.64. The topological polar surface area (TPSA) is 51.1 Å². The maximum atomic E-state index is 5.88. The predicted molar refractivity (Wildman–Crippen MR) is 71.2 cm³/mol. The van der Waals surface area contributed by atoms with Gasteiger partial charge in [0.15, 0.2) is 0 Å². The zero-order valence-electron chi connectivity index (χ0n) is 10.9. The van der Waals surface area contributed by atoms with Crippen molar-refractivity contribution in [3.8, 4) is 6.01 Å². The fourth-order valence-corrected chi connectivity index (χ4v) is 2.48. The van der Waals surface area contributed by atoms with Crippen LogP contribution in [0.4, 0.5) is 5.95 Å². The SMILES string of the molecule is CCC1CCCN(c2nc(Cl)nc(OC)n2)CC1. The molecule has 1 aromatic heterocycles. The van der Waals surface area contributed by atoms with E-state index in [2.05, 4.69) is 26.8 Å². The second-order valence-corrected chi connectivity index (χ2v) is 4.92. The molecule has 1 aliphatic heterocycles. The van der Waals surface area contributed by atoms with Gasteiger partial charge in [-0.3, -0.25) is 0 Å². The molecule has 1 aromatic rings. The minimum atomic E-state index is 0.188. The highest BCUT2D eigenvalue weighted by Gasteiger charge is 2.19. The van der Waals surface area contributed by atoms with Gasteiger partial charge in [-0.25, -0.2) is 0 Å². The number of aromatic nitrogens is 3. The number of hydrogen-bond acceptors (Lipinski definition) is 5. The minimum Gasteiger partial charge on any atom is -0.467 e. The highest BCUT2D eigenvalue weighted by atomic mass is 35.5. The Morgan fingerprint density at radius 1 is 1.28 bits per heavy atom. The zero-order valence-corrected chi connectivity index (χ0v) is 11.7. The molecule has 100 valence electrons. The molecule has 0 aromatic carbocycles. The van der Waals surface area contributed by atoms with Gasteiger partial charge in [-0.2, -0.15) is 15.0 Å². The van der Waals surface area contributed by atoms with E-state index in [0.29, 0.717) is 5.95 Å². The van der Waals surface area contributed by atoms with Crippen LogP contribution in [0.2, 0.25) is 5.28 Å². The van der Waals surface area contributed by atoms with Gasteiger partial charge in [0.05, 0.1) is 7.11 Å². The summed E-state index contributed by atoms with van der Waals surface area (Å²) >= 11 is 5.88. The van der Waals surface area contributed by atoms with Crippen molar-refractivity contribution in [2.75, 3.05) is 25.1 Å². The molecule has 1 fully saturated rings. The molecule has 5 nitrogen and oxygen atoms in total. The summed E-state index contributed by atoms with van der Waals surface area (Å²) < 4.78 is 5.03. The summed E-state index contributed by atoms with van der Waals surface area (Å²) in [5, 5.41) is 0.188. The largest absolute Gasteiger partial charge is 0.467 e. The van der Waals surface area contributed by atoms with E-state index in [4.69, 9.17) is 16.3 Å². The van der Waals surface area contributed by atoms with Crippen molar-refractivity contribution in [1.29, 1.82) is 0 Å². The molecule has 2 rings (SSSR count). The number of anilines is 1. The molecule has 1 unspecified atom stereocenters. The lowest BCUT2D eigenvalue weighted by molar-refractivity contribution is 0.378. The Morgan fingerprint density at radius 3 is 2.83 bits per heavy atom. The van der Waals surface area contributed by atoms with Crippen molar-refractivity contribution in [2.45, 2.75) is 32.6 Å². The van der Waals surface area contributed by atoms with Crippen molar-refractivity contribution >= 4 is 17.5 Å². The summed E-state index contributed by atoms with van der Waals surface area (Å²) in [7, 11) is 1.53. The lowest BCUT2D eigenvalue weighted by Crippen LogP contribution is -2.26. The van der Waals surface area contributed by atoms with E-state index in [-0.39, 0.29) is 11.3 Å². The van der Waals surface area contributed by atoms with Gasteiger partial charge in [-0.15, -0.1) is 0 Å². The number of ether oxygens (including phenoxy) is 1. The van der Waals surface area contributed by atoms with Crippen molar-refractivity contribution in [1.82, 2.24) is 15.0 Å². The van der Waals surface area contributed by atoms with Crippen molar-refractivity contribution < 1.29 is 4.74 Å². The molecule has 1 atom stereocenters. The predicted octanol–water partition coefficient (Wildman–Crippen LogP) is 2.55. The molecule has 0 spiro atoms. The summed E-state index contributed by atoms with van der Waals surface area (Å²) in [6, 6.07) is 0.279. The third-order valence-electron chi connectivity index (χ3n) is 3.47. The molecule has 1 saturated heterocycles. The number of nitrogens with zero attached hydrogens (tertiary/aromatic N) is 4. The fraction of sp³-hybridized carbons (Fsp3) is 0.750. The van der Waals surface area contributed by atoms with Crippen LogP contribution in [0.5, 0.6) is 6.01 Å². The third kappa shape index (κ3) is 3.22. The second kappa shape index (κ2) is 6.18. The van der Waals surface area contributed by atoms with E-state index in [9.17, 15) is 0 Å². The average Bonchev–Trinajstić information content (AvgIpc) is 2.63. The lowest BCUT2D eigenvalue weighted by atomic mass is 9.98. The van der Waals surface area contributed by atoms with Gasteiger partial charge < -0.3 is 9.64 Å². The van der Waals surface area contributed by atoms with Crippen LogP contribution in [0.25, 0.3) is 0 Å². The molecular weight excluding hydrogens is 252 g/mol. The van der Waals surface area contributed by atoms with Crippen LogP contribution < -0.4 is 9.64 Å². The van der Waals surface area contributed by atoms with Crippen LogP contribution in [-0.4, -0.2) is 35.2 Å². The Labute approximate surface area is 113 Å². The van der Waals surface area contributed by atoms with E-state index in [1.165, 1.54) is 32.8 Å². The van der Waals surface area contributed by atoms with E-state index in [0.717, 1.165) is 19.0 Å². The normalized spacial score (nSPS) is 20.6. The number of halogens is 1. The molecule has 6 heteroatoms. The van der Waals surface area contributed by atoms with Crippen LogP contribution in [0.3, 0.4) is 0 Å². The Morgan fingerprint density at radius 2 is 2.11 bits per heavy atom. The van der Waals surface area contributed by atoms with Gasteiger partial charge in [-0.05, 0) is 36.8 Å². The van der Waals surface area contributed by atoms with Gasteiger partial charge in [0.2, 0.25) is 11.2 Å². The first-order valence-corrected chi connectivity index (χ1v) is 6.81. The minimum absolute atomic E-state index is 0.188. The van der Waals surface area contributed by atoms with Crippen molar-refractivity contribution in [3.63, 3.8) is 0 Å². The molecule has 0 radical (unpaired) electrons. The van der Waals surface area contributed by atoms with Gasteiger partial charge in [0, 0.05) is 13.1 Å². The van der Waals surface area contributed by atoms with Crippen LogP contribution in [0, 0.1) is 5.92 Å². The van der Waals surface area contributed by atoms with Crippen LogP contribution in [0.1, 0.15) is 32.6 Å². The van der Waals surface area contributed by atoms with Crippen molar-refractivity contribution in [2.24, 2.45) is 5.92 Å². The molecule has 2 heterocycles. The molecular formula is C12H19ClN4O. The summed E-state index contributed by atoms with van der Waals surface area (Å²) in [4.78, 5) is 14.5. The maximum absolute atomic E-state index is 5.88. The molecule has 0 amide bonds. The van der Waals surface area contributed by atoms with Gasteiger partial charge in [0.1, 0.15) is 0 Å². The summed E-state index contributed by atoms with van der Waals surface area (Å²) in [6.45, 7) is 4.20. The van der Waals surface area contributed by atoms with Gasteiger partial charge in [-0.1, -0.05) is 13.3 Å².